The third kappa shape index (κ3) is 3.72. The summed E-state index contributed by atoms with van der Waals surface area (Å²) in [5.74, 6) is -0.0220. The van der Waals surface area contributed by atoms with Crippen LogP contribution in [0.1, 0.15) is 33.6 Å². The molecule has 1 amide bonds. The van der Waals surface area contributed by atoms with Gasteiger partial charge in [-0.25, -0.2) is 0 Å². The van der Waals surface area contributed by atoms with Crippen LogP contribution in [0.2, 0.25) is 0 Å². The van der Waals surface area contributed by atoms with Crippen molar-refractivity contribution >= 4 is 5.91 Å². The van der Waals surface area contributed by atoms with Crippen LogP contribution >= 0.6 is 0 Å². The summed E-state index contributed by atoms with van der Waals surface area (Å²) in [5.41, 5.74) is 0. The molecule has 0 rings (SSSR count). The highest BCUT2D eigenvalue weighted by molar-refractivity contribution is 5.80. The van der Waals surface area contributed by atoms with Crippen molar-refractivity contribution in [3.05, 3.63) is 0 Å². The largest absolute Gasteiger partial charge is 0.372 e. The lowest BCUT2D eigenvalue weighted by Gasteiger charge is -2.17. The lowest BCUT2D eigenvalue weighted by molar-refractivity contribution is -0.130. The number of hydrogen-bond donors (Lipinski definition) is 1. The highest BCUT2D eigenvalue weighted by Gasteiger charge is 2.14. The first-order valence-electron chi connectivity index (χ1n) is 4.48. The molecule has 3 nitrogen and oxygen atoms in total. The molecule has 0 aromatic heterocycles. The number of nitrogens with one attached hydrogen (secondary N) is 1. The predicted octanol–water partition coefficient (Wildman–Crippen LogP) is 1.33. The third-order valence-electron chi connectivity index (χ3n) is 2.05. The second-order valence-corrected chi connectivity index (χ2v) is 2.90. The number of amides is 1. The molecule has 0 aliphatic carbocycles. The molecular weight excluding hydrogens is 154 g/mol. The maximum atomic E-state index is 11.3. The molecule has 12 heavy (non-hydrogen) atoms. The van der Waals surface area contributed by atoms with Gasteiger partial charge in [-0.1, -0.05) is 13.8 Å². The van der Waals surface area contributed by atoms with Crippen molar-refractivity contribution in [1.29, 1.82) is 0 Å². The lowest BCUT2D eigenvalue weighted by atomic mass is 10.1. The van der Waals surface area contributed by atoms with Gasteiger partial charge in [-0.2, -0.15) is 0 Å². The fourth-order valence-corrected chi connectivity index (χ4v) is 0.918. The molecule has 1 unspecified atom stereocenters. The molecule has 3 heteroatoms. The fourth-order valence-electron chi connectivity index (χ4n) is 0.918. The summed E-state index contributed by atoms with van der Waals surface area (Å²) in [6.07, 6.45) is 1.60. The molecule has 0 aromatic carbocycles. The fraction of sp³-hybridized carbons (Fsp3) is 0.889. The van der Waals surface area contributed by atoms with Gasteiger partial charge >= 0.3 is 0 Å². The van der Waals surface area contributed by atoms with Crippen LogP contribution in [0.15, 0.2) is 0 Å². The zero-order valence-electron chi connectivity index (χ0n) is 8.39. The van der Waals surface area contributed by atoms with Gasteiger partial charge in [0.25, 0.3) is 0 Å². The van der Waals surface area contributed by atoms with Crippen molar-refractivity contribution in [1.82, 2.24) is 5.32 Å². The van der Waals surface area contributed by atoms with E-state index >= 15 is 0 Å². The van der Waals surface area contributed by atoms with Crippen LogP contribution in [0, 0.1) is 0 Å². The zero-order valence-corrected chi connectivity index (χ0v) is 8.39. The van der Waals surface area contributed by atoms with Crippen LogP contribution in [0.3, 0.4) is 0 Å². The Labute approximate surface area is 74.5 Å². The number of carbonyl (C=O) groups excluding carboxylic acids is 1. The van der Waals surface area contributed by atoms with Crippen LogP contribution < -0.4 is 5.32 Å². The van der Waals surface area contributed by atoms with E-state index < -0.39 is 0 Å². The Morgan fingerprint density at radius 3 is 2.25 bits per heavy atom. The van der Waals surface area contributed by atoms with Gasteiger partial charge in [0.1, 0.15) is 6.10 Å². The number of methoxy groups -OCH3 is 1. The molecule has 0 bridgehead atoms. The number of carbonyl (C=O) groups is 1. The first kappa shape index (κ1) is 11.4. The van der Waals surface area contributed by atoms with Crippen molar-refractivity contribution in [3.8, 4) is 0 Å². The average molecular weight is 173 g/mol. The highest BCUT2D eigenvalue weighted by Crippen LogP contribution is 1.97. The Morgan fingerprint density at radius 1 is 1.42 bits per heavy atom. The summed E-state index contributed by atoms with van der Waals surface area (Å²) >= 11 is 0. The van der Waals surface area contributed by atoms with E-state index in [4.69, 9.17) is 4.74 Å². The van der Waals surface area contributed by atoms with E-state index in [0.717, 1.165) is 12.8 Å². The van der Waals surface area contributed by atoms with Gasteiger partial charge in [0, 0.05) is 13.2 Å². The van der Waals surface area contributed by atoms with E-state index in [1.54, 1.807) is 6.92 Å². The molecule has 0 saturated heterocycles. The Hall–Kier alpha value is -0.570. The molecule has 1 N–H and O–H groups in total. The number of hydrogen-bond acceptors (Lipinski definition) is 2. The van der Waals surface area contributed by atoms with Crippen LogP contribution in [-0.2, 0) is 9.53 Å². The number of rotatable bonds is 5. The Kier molecular flexibility index (Phi) is 5.72. The lowest BCUT2D eigenvalue weighted by Crippen LogP contribution is -2.40. The minimum absolute atomic E-state index is 0.0220. The maximum Gasteiger partial charge on any atom is 0.249 e. The molecule has 0 aliphatic rings. The molecule has 0 radical (unpaired) electrons. The first-order valence-corrected chi connectivity index (χ1v) is 4.48. The van der Waals surface area contributed by atoms with Crippen LogP contribution in [0.25, 0.3) is 0 Å². The van der Waals surface area contributed by atoms with Gasteiger partial charge in [0.05, 0.1) is 0 Å². The molecular formula is C9H19NO2. The summed E-state index contributed by atoms with van der Waals surface area (Å²) in [4.78, 5) is 11.3. The van der Waals surface area contributed by atoms with E-state index in [1.165, 1.54) is 7.11 Å². The monoisotopic (exact) mass is 173 g/mol. The SMILES string of the molecule is CCC(CC)NC(=O)C(C)OC. The van der Waals surface area contributed by atoms with Crippen molar-refractivity contribution in [2.24, 2.45) is 0 Å². The quantitative estimate of drug-likeness (QED) is 0.681. The van der Waals surface area contributed by atoms with E-state index in [1.807, 2.05) is 0 Å². The van der Waals surface area contributed by atoms with Crippen molar-refractivity contribution in [2.45, 2.75) is 45.8 Å². The summed E-state index contributed by atoms with van der Waals surface area (Å²) in [6, 6.07) is 0.287. The molecule has 72 valence electrons. The summed E-state index contributed by atoms with van der Waals surface area (Å²) in [7, 11) is 1.54. The zero-order chi connectivity index (χ0) is 9.56. The molecule has 0 spiro atoms. The Balaban J connectivity index is 3.81. The van der Waals surface area contributed by atoms with Gasteiger partial charge in [-0.3, -0.25) is 4.79 Å². The topological polar surface area (TPSA) is 38.3 Å². The molecule has 0 aliphatic heterocycles. The second-order valence-electron chi connectivity index (χ2n) is 2.90. The van der Waals surface area contributed by atoms with E-state index in [-0.39, 0.29) is 18.1 Å². The van der Waals surface area contributed by atoms with Gasteiger partial charge in [-0.05, 0) is 19.8 Å². The molecule has 1 atom stereocenters. The van der Waals surface area contributed by atoms with E-state index in [2.05, 4.69) is 19.2 Å². The number of ether oxygens (including phenoxy) is 1. The van der Waals surface area contributed by atoms with Gasteiger partial charge in [-0.15, -0.1) is 0 Å². The summed E-state index contributed by atoms with van der Waals surface area (Å²) in [6.45, 7) is 5.87. The predicted molar refractivity (Wildman–Crippen MR) is 49.0 cm³/mol. The van der Waals surface area contributed by atoms with Gasteiger partial charge < -0.3 is 10.1 Å². The molecule has 0 fully saturated rings. The molecule has 0 saturated carbocycles. The third-order valence-corrected chi connectivity index (χ3v) is 2.05. The Morgan fingerprint density at radius 2 is 1.92 bits per heavy atom. The molecule has 0 heterocycles. The van der Waals surface area contributed by atoms with Crippen molar-refractivity contribution in [3.63, 3.8) is 0 Å². The van der Waals surface area contributed by atoms with E-state index in [0.29, 0.717) is 0 Å². The standard InChI is InChI=1S/C9H19NO2/c1-5-8(6-2)10-9(11)7(3)12-4/h7-8H,5-6H2,1-4H3,(H,10,11). The van der Waals surface area contributed by atoms with Gasteiger partial charge in [0.15, 0.2) is 0 Å². The van der Waals surface area contributed by atoms with Crippen LogP contribution in [-0.4, -0.2) is 25.2 Å². The van der Waals surface area contributed by atoms with Crippen LogP contribution in [0.5, 0.6) is 0 Å². The van der Waals surface area contributed by atoms with Crippen molar-refractivity contribution in [2.75, 3.05) is 7.11 Å². The minimum atomic E-state index is -0.342. The second kappa shape index (κ2) is 6.00. The molecule has 0 aromatic rings. The van der Waals surface area contributed by atoms with Gasteiger partial charge in [0.2, 0.25) is 5.91 Å². The first-order chi connectivity index (χ1) is 5.65. The summed E-state index contributed by atoms with van der Waals surface area (Å²) < 4.78 is 4.89. The highest BCUT2D eigenvalue weighted by atomic mass is 16.5. The van der Waals surface area contributed by atoms with E-state index in [9.17, 15) is 4.79 Å². The average Bonchev–Trinajstić information content (AvgIpc) is 2.12. The Bertz CT molecular complexity index is 132. The van der Waals surface area contributed by atoms with Crippen molar-refractivity contribution < 1.29 is 9.53 Å². The maximum absolute atomic E-state index is 11.3. The normalized spacial score (nSPS) is 13.1. The summed E-state index contributed by atoms with van der Waals surface area (Å²) in [5, 5.41) is 2.90. The minimum Gasteiger partial charge on any atom is -0.372 e. The van der Waals surface area contributed by atoms with Crippen LogP contribution in [0.4, 0.5) is 0 Å². The smallest absolute Gasteiger partial charge is 0.249 e.